The first-order valence-electron chi connectivity index (χ1n) is 5.96. The highest BCUT2D eigenvalue weighted by molar-refractivity contribution is 5.94. The lowest BCUT2D eigenvalue weighted by Gasteiger charge is -2.09. The molecule has 3 rings (SSSR count). The summed E-state index contributed by atoms with van der Waals surface area (Å²) in [6.45, 7) is 0. The van der Waals surface area contributed by atoms with Crippen LogP contribution >= 0.6 is 0 Å². The zero-order chi connectivity index (χ0) is 13.2. The van der Waals surface area contributed by atoms with E-state index in [1.807, 2.05) is 42.5 Å². The average Bonchev–Trinajstić information content (AvgIpc) is 2.46. The van der Waals surface area contributed by atoms with Crippen LogP contribution in [0.1, 0.15) is 0 Å². The van der Waals surface area contributed by atoms with Gasteiger partial charge in [-0.2, -0.15) is 0 Å². The zero-order valence-electron chi connectivity index (χ0n) is 10.4. The highest BCUT2D eigenvalue weighted by Gasteiger charge is 2.10. The third-order valence-electron chi connectivity index (χ3n) is 3.05. The molecule has 19 heavy (non-hydrogen) atoms. The molecule has 0 radical (unpaired) electrons. The molecular weight excluding hydrogens is 240 g/mol. The molecule has 1 heterocycles. The van der Waals surface area contributed by atoms with Crippen LogP contribution in [0.25, 0.3) is 22.1 Å². The number of hydrogen-bond acceptors (Lipinski definition) is 3. The summed E-state index contributed by atoms with van der Waals surface area (Å²) in [6.07, 6.45) is 0. The van der Waals surface area contributed by atoms with Gasteiger partial charge in [0.15, 0.2) is 0 Å². The molecule has 0 saturated carbocycles. The molecule has 3 nitrogen and oxygen atoms in total. The molecule has 0 fully saturated rings. The summed E-state index contributed by atoms with van der Waals surface area (Å²) in [5.41, 5.74) is 1.92. The maximum atomic E-state index is 11.7. The van der Waals surface area contributed by atoms with Crippen LogP contribution in [0, 0.1) is 0 Å². The van der Waals surface area contributed by atoms with Gasteiger partial charge in [-0.05, 0) is 12.1 Å². The number of hydrogen-bond donors (Lipinski definition) is 0. The van der Waals surface area contributed by atoms with Gasteiger partial charge >= 0.3 is 5.63 Å². The Morgan fingerprint density at radius 2 is 1.68 bits per heavy atom. The van der Waals surface area contributed by atoms with Gasteiger partial charge in [0, 0.05) is 22.6 Å². The molecule has 0 amide bonds. The van der Waals surface area contributed by atoms with Crippen molar-refractivity contribution in [3.63, 3.8) is 0 Å². The number of fused-ring (bicyclic) bond motifs is 1. The van der Waals surface area contributed by atoms with Gasteiger partial charge in [0.05, 0.1) is 7.11 Å². The largest absolute Gasteiger partial charge is 0.496 e. The lowest BCUT2D eigenvalue weighted by molar-refractivity contribution is 0.416. The SMILES string of the molecule is COc1ccccc1-c1cc(=O)oc2ccccc12. The summed E-state index contributed by atoms with van der Waals surface area (Å²) in [5, 5.41) is 0.895. The number of rotatable bonds is 2. The Morgan fingerprint density at radius 3 is 2.53 bits per heavy atom. The highest BCUT2D eigenvalue weighted by Crippen LogP contribution is 2.33. The van der Waals surface area contributed by atoms with Crippen molar-refractivity contribution < 1.29 is 9.15 Å². The van der Waals surface area contributed by atoms with Gasteiger partial charge in [0.1, 0.15) is 11.3 Å². The van der Waals surface area contributed by atoms with E-state index in [0.29, 0.717) is 5.58 Å². The second-order valence-corrected chi connectivity index (χ2v) is 4.18. The predicted octanol–water partition coefficient (Wildman–Crippen LogP) is 3.47. The van der Waals surface area contributed by atoms with Crippen molar-refractivity contribution in [2.45, 2.75) is 0 Å². The van der Waals surface area contributed by atoms with Crippen molar-refractivity contribution in [1.29, 1.82) is 0 Å². The van der Waals surface area contributed by atoms with Gasteiger partial charge in [0.25, 0.3) is 0 Å². The van der Waals surface area contributed by atoms with Gasteiger partial charge in [-0.1, -0.05) is 36.4 Å². The Kier molecular flexibility index (Phi) is 2.80. The minimum atomic E-state index is -0.361. The van der Waals surface area contributed by atoms with Crippen LogP contribution in [0.2, 0.25) is 0 Å². The Labute approximate surface area is 110 Å². The van der Waals surface area contributed by atoms with Crippen molar-refractivity contribution in [3.05, 3.63) is 65.0 Å². The van der Waals surface area contributed by atoms with Crippen LogP contribution in [0.5, 0.6) is 5.75 Å². The van der Waals surface area contributed by atoms with Crippen molar-refractivity contribution in [2.75, 3.05) is 7.11 Å². The Bertz CT molecular complexity index is 787. The molecule has 3 aromatic rings. The number of benzene rings is 2. The normalized spacial score (nSPS) is 10.6. The number of ether oxygens (including phenoxy) is 1. The summed E-state index contributed by atoms with van der Waals surface area (Å²) < 4.78 is 10.6. The van der Waals surface area contributed by atoms with Gasteiger partial charge in [-0.3, -0.25) is 0 Å². The third-order valence-corrected chi connectivity index (χ3v) is 3.05. The number of para-hydroxylation sites is 2. The molecule has 0 aliphatic heterocycles. The predicted molar refractivity (Wildman–Crippen MR) is 74.5 cm³/mol. The van der Waals surface area contributed by atoms with E-state index in [9.17, 15) is 4.79 Å². The molecule has 0 bridgehead atoms. The van der Waals surface area contributed by atoms with Crippen molar-refractivity contribution in [3.8, 4) is 16.9 Å². The first kappa shape index (κ1) is 11.5. The summed E-state index contributed by atoms with van der Waals surface area (Å²) in [4.78, 5) is 11.7. The fourth-order valence-electron chi connectivity index (χ4n) is 2.20. The van der Waals surface area contributed by atoms with Crippen molar-refractivity contribution >= 4 is 11.0 Å². The van der Waals surface area contributed by atoms with Gasteiger partial charge in [-0.15, -0.1) is 0 Å². The van der Waals surface area contributed by atoms with E-state index < -0.39 is 0 Å². The summed E-state index contributed by atoms with van der Waals surface area (Å²) >= 11 is 0. The smallest absolute Gasteiger partial charge is 0.336 e. The molecule has 1 aromatic heterocycles. The van der Waals surface area contributed by atoms with Gasteiger partial charge < -0.3 is 9.15 Å². The average molecular weight is 252 g/mol. The first-order valence-corrected chi connectivity index (χ1v) is 5.96. The van der Waals surface area contributed by atoms with Crippen molar-refractivity contribution in [1.82, 2.24) is 0 Å². The molecule has 94 valence electrons. The van der Waals surface area contributed by atoms with E-state index >= 15 is 0 Å². The van der Waals surface area contributed by atoms with Crippen LogP contribution in [-0.4, -0.2) is 7.11 Å². The lowest BCUT2D eigenvalue weighted by Crippen LogP contribution is -1.98. The fraction of sp³-hybridized carbons (Fsp3) is 0.0625. The molecule has 0 aliphatic carbocycles. The van der Waals surface area contributed by atoms with E-state index in [1.54, 1.807) is 13.2 Å². The molecule has 0 spiro atoms. The van der Waals surface area contributed by atoms with Crippen LogP contribution in [0.4, 0.5) is 0 Å². The second kappa shape index (κ2) is 4.61. The third kappa shape index (κ3) is 1.99. The molecular formula is C16H12O3. The van der Waals surface area contributed by atoms with E-state index in [4.69, 9.17) is 9.15 Å². The van der Waals surface area contributed by atoms with Crippen molar-refractivity contribution in [2.24, 2.45) is 0 Å². The van der Waals surface area contributed by atoms with Crippen LogP contribution in [0.3, 0.4) is 0 Å². The second-order valence-electron chi connectivity index (χ2n) is 4.18. The Balaban J connectivity index is 2.39. The minimum Gasteiger partial charge on any atom is -0.496 e. The first-order chi connectivity index (χ1) is 9.29. The summed E-state index contributed by atoms with van der Waals surface area (Å²) in [7, 11) is 1.62. The topological polar surface area (TPSA) is 39.4 Å². The van der Waals surface area contributed by atoms with E-state index in [1.165, 1.54) is 6.07 Å². The van der Waals surface area contributed by atoms with Crippen LogP contribution < -0.4 is 10.4 Å². The van der Waals surface area contributed by atoms with Gasteiger partial charge in [-0.25, -0.2) is 4.79 Å². The van der Waals surface area contributed by atoms with E-state index in [-0.39, 0.29) is 5.63 Å². The molecule has 0 unspecified atom stereocenters. The maximum absolute atomic E-state index is 11.7. The number of methoxy groups -OCH3 is 1. The van der Waals surface area contributed by atoms with Crippen LogP contribution in [0.15, 0.2) is 63.8 Å². The summed E-state index contributed by atoms with van der Waals surface area (Å²) in [6, 6.07) is 16.6. The Morgan fingerprint density at radius 1 is 0.947 bits per heavy atom. The van der Waals surface area contributed by atoms with Gasteiger partial charge in [0.2, 0.25) is 0 Å². The van der Waals surface area contributed by atoms with E-state index in [0.717, 1.165) is 22.3 Å². The molecule has 0 N–H and O–H groups in total. The standard InChI is InChI=1S/C16H12O3/c1-18-14-8-4-2-6-11(14)13-10-16(17)19-15-9-5-3-7-12(13)15/h2-10H,1H3. The molecule has 2 aromatic carbocycles. The zero-order valence-corrected chi connectivity index (χ0v) is 10.4. The van der Waals surface area contributed by atoms with Crippen LogP contribution in [-0.2, 0) is 0 Å². The maximum Gasteiger partial charge on any atom is 0.336 e. The molecule has 0 atom stereocenters. The molecule has 3 heteroatoms. The Hall–Kier alpha value is -2.55. The molecule has 0 aliphatic rings. The quantitative estimate of drug-likeness (QED) is 0.655. The highest BCUT2D eigenvalue weighted by atomic mass is 16.5. The minimum absolute atomic E-state index is 0.361. The lowest BCUT2D eigenvalue weighted by atomic mass is 10.0. The monoisotopic (exact) mass is 252 g/mol. The summed E-state index contributed by atoms with van der Waals surface area (Å²) in [5.74, 6) is 0.734. The molecule has 0 saturated heterocycles. The fourth-order valence-corrected chi connectivity index (χ4v) is 2.20. The van der Waals surface area contributed by atoms with E-state index in [2.05, 4.69) is 0 Å².